The molecule has 164 valence electrons. The molecule has 1 aromatic rings. The van der Waals surface area contributed by atoms with Crippen LogP contribution < -0.4 is 5.32 Å². The third kappa shape index (κ3) is 8.38. The second kappa shape index (κ2) is 13.4. The first-order chi connectivity index (χ1) is 13.7. The van der Waals surface area contributed by atoms with Crippen molar-refractivity contribution in [2.45, 2.75) is 57.7 Å². The van der Waals surface area contributed by atoms with Gasteiger partial charge >= 0.3 is 0 Å². The Morgan fingerprint density at radius 1 is 1.31 bits per heavy atom. The summed E-state index contributed by atoms with van der Waals surface area (Å²) in [6.45, 7) is 7.25. The standard InChI is InChI=1S/C22H34FN3O2.HI/c1-2-24-22(25-12-4-7-18-6-3-8-19(23)16-18)26-13-10-20(11-14-26)28-17-21-9-5-15-27-21;/h3,6,8,16,20-21H,2,4-5,7,9-15,17H2,1H3,(H,24,25);1H. The molecule has 0 saturated carbocycles. The predicted molar refractivity (Wildman–Crippen MR) is 126 cm³/mol. The van der Waals surface area contributed by atoms with Crippen LogP contribution in [0.4, 0.5) is 4.39 Å². The molecule has 0 aliphatic carbocycles. The Bertz CT molecular complexity index is 618. The number of hydrogen-bond donors (Lipinski definition) is 1. The largest absolute Gasteiger partial charge is 0.376 e. The van der Waals surface area contributed by atoms with Crippen molar-refractivity contribution in [3.05, 3.63) is 35.6 Å². The zero-order chi connectivity index (χ0) is 19.6. The van der Waals surface area contributed by atoms with E-state index in [2.05, 4.69) is 17.1 Å². The predicted octanol–water partition coefficient (Wildman–Crippen LogP) is 4.00. The number of piperidine rings is 1. The molecule has 1 atom stereocenters. The van der Waals surface area contributed by atoms with Gasteiger partial charge in [0.05, 0.1) is 18.8 Å². The van der Waals surface area contributed by atoms with Crippen molar-refractivity contribution in [3.8, 4) is 0 Å². The number of aliphatic imine (C=N–C) groups is 1. The van der Waals surface area contributed by atoms with Gasteiger partial charge in [-0.15, -0.1) is 24.0 Å². The van der Waals surface area contributed by atoms with Crippen LogP contribution in [0.1, 0.15) is 44.6 Å². The molecule has 2 fully saturated rings. The van der Waals surface area contributed by atoms with Crippen molar-refractivity contribution in [1.29, 1.82) is 0 Å². The minimum absolute atomic E-state index is 0. The van der Waals surface area contributed by atoms with Crippen LogP contribution in [0.25, 0.3) is 0 Å². The number of rotatable bonds is 8. The number of halogens is 2. The van der Waals surface area contributed by atoms with Gasteiger partial charge < -0.3 is 19.7 Å². The summed E-state index contributed by atoms with van der Waals surface area (Å²) in [6.07, 6.45) is 6.74. The van der Waals surface area contributed by atoms with Gasteiger partial charge in [-0.2, -0.15) is 0 Å². The summed E-state index contributed by atoms with van der Waals surface area (Å²) in [4.78, 5) is 7.12. The highest BCUT2D eigenvalue weighted by Crippen LogP contribution is 2.18. The van der Waals surface area contributed by atoms with Crippen LogP contribution in [0.3, 0.4) is 0 Å². The molecule has 2 saturated heterocycles. The van der Waals surface area contributed by atoms with E-state index in [1.165, 1.54) is 6.07 Å². The quantitative estimate of drug-likeness (QED) is 0.244. The molecule has 2 aliphatic rings. The average molecular weight is 519 g/mol. The number of guanidine groups is 1. The third-order valence-electron chi connectivity index (χ3n) is 5.39. The Morgan fingerprint density at radius 3 is 2.83 bits per heavy atom. The molecular formula is C22H35FIN3O2. The molecular weight excluding hydrogens is 484 g/mol. The Hall–Kier alpha value is -0.930. The topological polar surface area (TPSA) is 46.1 Å². The summed E-state index contributed by atoms with van der Waals surface area (Å²) < 4.78 is 25.0. The number of benzene rings is 1. The minimum Gasteiger partial charge on any atom is -0.376 e. The molecule has 5 nitrogen and oxygen atoms in total. The smallest absolute Gasteiger partial charge is 0.193 e. The molecule has 1 aromatic carbocycles. The van der Waals surface area contributed by atoms with Gasteiger partial charge in [0.1, 0.15) is 5.82 Å². The van der Waals surface area contributed by atoms with Gasteiger partial charge in [0, 0.05) is 32.8 Å². The molecule has 0 spiro atoms. The van der Waals surface area contributed by atoms with Gasteiger partial charge in [-0.1, -0.05) is 12.1 Å². The summed E-state index contributed by atoms with van der Waals surface area (Å²) >= 11 is 0. The van der Waals surface area contributed by atoms with Crippen LogP contribution >= 0.6 is 24.0 Å². The molecule has 0 radical (unpaired) electrons. The van der Waals surface area contributed by atoms with Crippen LogP contribution in [0, 0.1) is 5.82 Å². The molecule has 0 aromatic heterocycles. The molecule has 3 rings (SSSR count). The van der Waals surface area contributed by atoms with E-state index >= 15 is 0 Å². The fourth-order valence-electron chi connectivity index (χ4n) is 3.84. The van der Waals surface area contributed by atoms with E-state index in [4.69, 9.17) is 14.5 Å². The minimum atomic E-state index is -0.168. The van der Waals surface area contributed by atoms with E-state index in [1.54, 1.807) is 12.1 Å². The van der Waals surface area contributed by atoms with E-state index in [-0.39, 0.29) is 29.8 Å². The number of nitrogens with one attached hydrogen (secondary N) is 1. The fourth-order valence-corrected chi connectivity index (χ4v) is 3.84. The summed E-state index contributed by atoms with van der Waals surface area (Å²) in [6, 6.07) is 6.83. The van der Waals surface area contributed by atoms with Gasteiger partial charge in [-0.25, -0.2) is 4.39 Å². The number of ether oxygens (including phenoxy) is 2. The van der Waals surface area contributed by atoms with Crippen LogP contribution in [-0.2, 0) is 15.9 Å². The highest BCUT2D eigenvalue weighted by Gasteiger charge is 2.24. The van der Waals surface area contributed by atoms with Crippen molar-refractivity contribution < 1.29 is 13.9 Å². The molecule has 1 unspecified atom stereocenters. The number of likely N-dealkylation sites (tertiary alicyclic amines) is 1. The lowest BCUT2D eigenvalue weighted by atomic mass is 10.1. The third-order valence-corrected chi connectivity index (χ3v) is 5.39. The lowest BCUT2D eigenvalue weighted by Crippen LogP contribution is -2.47. The SMILES string of the molecule is CCNC(=NCCCc1cccc(F)c1)N1CCC(OCC2CCCO2)CC1.I. The maximum absolute atomic E-state index is 13.3. The zero-order valence-electron chi connectivity index (χ0n) is 17.4. The Balaban J connectivity index is 0.00000300. The van der Waals surface area contributed by atoms with Crippen molar-refractivity contribution in [2.24, 2.45) is 4.99 Å². The molecule has 2 aliphatic heterocycles. The summed E-state index contributed by atoms with van der Waals surface area (Å²) in [5, 5.41) is 3.41. The van der Waals surface area contributed by atoms with Crippen LogP contribution in [0.5, 0.6) is 0 Å². The lowest BCUT2D eigenvalue weighted by molar-refractivity contribution is -0.0367. The number of aryl methyl sites for hydroxylation is 1. The zero-order valence-corrected chi connectivity index (χ0v) is 19.8. The van der Waals surface area contributed by atoms with Crippen molar-refractivity contribution in [3.63, 3.8) is 0 Å². The van der Waals surface area contributed by atoms with Crippen LogP contribution in [-0.4, -0.2) is 62.5 Å². The van der Waals surface area contributed by atoms with E-state index in [9.17, 15) is 4.39 Å². The van der Waals surface area contributed by atoms with E-state index in [0.29, 0.717) is 12.2 Å². The van der Waals surface area contributed by atoms with Crippen molar-refractivity contribution >= 4 is 29.9 Å². The van der Waals surface area contributed by atoms with Gasteiger partial charge in [-0.05, 0) is 63.1 Å². The molecule has 29 heavy (non-hydrogen) atoms. The maximum atomic E-state index is 13.3. The molecule has 1 N–H and O–H groups in total. The Morgan fingerprint density at radius 2 is 2.14 bits per heavy atom. The number of hydrogen-bond acceptors (Lipinski definition) is 3. The fraction of sp³-hybridized carbons (Fsp3) is 0.682. The van der Waals surface area contributed by atoms with Crippen molar-refractivity contribution in [2.75, 3.05) is 39.4 Å². The maximum Gasteiger partial charge on any atom is 0.193 e. The second-order valence-corrected chi connectivity index (χ2v) is 7.62. The van der Waals surface area contributed by atoms with Gasteiger partial charge in [-0.3, -0.25) is 4.99 Å². The average Bonchev–Trinajstić information content (AvgIpc) is 3.23. The van der Waals surface area contributed by atoms with Gasteiger partial charge in [0.2, 0.25) is 0 Å². The molecule has 0 bridgehead atoms. The van der Waals surface area contributed by atoms with E-state index in [0.717, 1.165) is 89.4 Å². The van der Waals surface area contributed by atoms with Crippen molar-refractivity contribution in [1.82, 2.24) is 10.2 Å². The van der Waals surface area contributed by atoms with E-state index < -0.39 is 0 Å². The lowest BCUT2D eigenvalue weighted by Gasteiger charge is -2.34. The summed E-state index contributed by atoms with van der Waals surface area (Å²) in [7, 11) is 0. The highest BCUT2D eigenvalue weighted by atomic mass is 127. The highest BCUT2D eigenvalue weighted by molar-refractivity contribution is 14.0. The Labute approximate surface area is 191 Å². The van der Waals surface area contributed by atoms with Gasteiger partial charge in [0.25, 0.3) is 0 Å². The summed E-state index contributed by atoms with van der Waals surface area (Å²) in [5.41, 5.74) is 1.03. The number of nitrogens with zero attached hydrogens (tertiary/aromatic N) is 2. The summed E-state index contributed by atoms with van der Waals surface area (Å²) in [5.74, 6) is 0.818. The van der Waals surface area contributed by atoms with Gasteiger partial charge in [0.15, 0.2) is 5.96 Å². The van der Waals surface area contributed by atoms with Crippen LogP contribution in [0.15, 0.2) is 29.3 Å². The monoisotopic (exact) mass is 519 g/mol. The molecule has 0 amide bonds. The van der Waals surface area contributed by atoms with Crippen LogP contribution in [0.2, 0.25) is 0 Å². The second-order valence-electron chi connectivity index (χ2n) is 7.62. The Kier molecular flexibility index (Phi) is 11.2. The molecule has 2 heterocycles. The normalized spacial score (nSPS) is 20.6. The van der Waals surface area contributed by atoms with E-state index in [1.807, 2.05) is 6.07 Å². The first kappa shape index (κ1) is 24.3. The molecule has 7 heteroatoms. The first-order valence-corrected chi connectivity index (χ1v) is 10.8. The first-order valence-electron chi connectivity index (χ1n) is 10.8.